The van der Waals surface area contributed by atoms with Gasteiger partial charge in [-0.15, -0.1) is 10.2 Å². The first-order chi connectivity index (χ1) is 11.1. The molecule has 9 heteroatoms. The van der Waals surface area contributed by atoms with Gasteiger partial charge in [-0.05, 0) is 24.3 Å². The van der Waals surface area contributed by atoms with E-state index in [9.17, 15) is 13.2 Å². The molecule has 0 spiro atoms. The monoisotopic (exact) mass is 322 g/mol. The Morgan fingerprint density at radius 1 is 1.13 bits per heavy atom. The molecular formula is C14H9F3N4O2. The van der Waals surface area contributed by atoms with Crippen LogP contribution in [0.3, 0.4) is 0 Å². The van der Waals surface area contributed by atoms with Gasteiger partial charge in [0.2, 0.25) is 5.89 Å². The SMILES string of the molecule is Fc1cccnc1OCc1ccc(-c2nnc(C(F)F)o2)cn1. The van der Waals surface area contributed by atoms with Gasteiger partial charge in [-0.25, -0.2) is 9.37 Å². The summed E-state index contributed by atoms with van der Waals surface area (Å²) in [6.07, 6.45) is -0.0494. The Labute approximate surface area is 128 Å². The largest absolute Gasteiger partial charge is 0.469 e. The maximum absolute atomic E-state index is 13.3. The van der Waals surface area contributed by atoms with Gasteiger partial charge < -0.3 is 9.15 Å². The summed E-state index contributed by atoms with van der Waals surface area (Å²) in [6.45, 7) is 0.000328. The van der Waals surface area contributed by atoms with E-state index >= 15 is 0 Å². The van der Waals surface area contributed by atoms with E-state index in [1.807, 2.05) is 0 Å². The molecule has 3 rings (SSSR count). The van der Waals surface area contributed by atoms with Gasteiger partial charge in [0.05, 0.1) is 11.3 Å². The first-order valence-electron chi connectivity index (χ1n) is 6.43. The average molecular weight is 322 g/mol. The van der Waals surface area contributed by atoms with Crippen LogP contribution in [0.4, 0.5) is 13.2 Å². The lowest BCUT2D eigenvalue weighted by Gasteiger charge is -2.05. The fourth-order valence-electron chi connectivity index (χ4n) is 1.70. The lowest BCUT2D eigenvalue weighted by molar-refractivity contribution is 0.116. The highest BCUT2D eigenvalue weighted by atomic mass is 19.3. The molecule has 0 aromatic carbocycles. The highest BCUT2D eigenvalue weighted by molar-refractivity contribution is 5.50. The smallest absolute Gasteiger partial charge is 0.314 e. The molecule has 0 unspecified atom stereocenters. The zero-order valence-corrected chi connectivity index (χ0v) is 11.5. The third-order valence-corrected chi connectivity index (χ3v) is 2.78. The first kappa shape index (κ1) is 14.9. The number of nitrogens with zero attached hydrogens (tertiary/aromatic N) is 4. The number of ether oxygens (including phenoxy) is 1. The third-order valence-electron chi connectivity index (χ3n) is 2.78. The second-order valence-electron chi connectivity index (χ2n) is 4.36. The van der Waals surface area contributed by atoms with Crippen LogP contribution >= 0.6 is 0 Å². The van der Waals surface area contributed by atoms with Crippen molar-refractivity contribution in [2.45, 2.75) is 13.0 Å². The van der Waals surface area contributed by atoms with Crippen LogP contribution in [0.15, 0.2) is 41.1 Å². The van der Waals surface area contributed by atoms with Crippen LogP contribution < -0.4 is 4.74 Å². The normalized spacial score (nSPS) is 11.0. The molecule has 0 aliphatic carbocycles. The zero-order chi connectivity index (χ0) is 16.2. The van der Waals surface area contributed by atoms with E-state index in [1.165, 1.54) is 24.5 Å². The van der Waals surface area contributed by atoms with Crippen LogP contribution in [0.5, 0.6) is 5.88 Å². The summed E-state index contributed by atoms with van der Waals surface area (Å²) in [5, 5.41) is 6.75. The predicted octanol–water partition coefficient (Wildman–Crippen LogP) is 3.18. The predicted molar refractivity (Wildman–Crippen MR) is 71.0 cm³/mol. The lowest BCUT2D eigenvalue weighted by Crippen LogP contribution is -2.01. The van der Waals surface area contributed by atoms with Gasteiger partial charge in [-0.1, -0.05) is 0 Å². The summed E-state index contributed by atoms with van der Waals surface area (Å²) in [4.78, 5) is 7.81. The van der Waals surface area contributed by atoms with Crippen LogP contribution in [-0.2, 0) is 6.61 Å². The maximum Gasteiger partial charge on any atom is 0.314 e. The van der Waals surface area contributed by atoms with Crippen LogP contribution in [0.2, 0.25) is 0 Å². The van der Waals surface area contributed by atoms with E-state index < -0.39 is 18.1 Å². The van der Waals surface area contributed by atoms with Crippen molar-refractivity contribution in [3.8, 4) is 17.3 Å². The van der Waals surface area contributed by atoms with E-state index in [1.54, 1.807) is 12.1 Å². The molecule has 118 valence electrons. The number of hydrogen-bond acceptors (Lipinski definition) is 6. The molecule has 0 fully saturated rings. The molecule has 6 nitrogen and oxygen atoms in total. The van der Waals surface area contributed by atoms with Crippen molar-refractivity contribution >= 4 is 0 Å². The Kier molecular flexibility index (Phi) is 4.18. The van der Waals surface area contributed by atoms with E-state index in [0.717, 1.165) is 0 Å². The van der Waals surface area contributed by atoms with Crippen molar-refractivity contribution in [1.82, 2.24) is 20.2 Å². The minimum Gasteiger partial charge on any atom is -0.469 e. The number of rotatable bonds is 5. The Morgan fingerprint density at radius 2 is 2.00 bits per heavy atom. The van der Waals surface area contributed by atoms with Crippen LogP contribution in [0.25, 0.3) is 11.5 Å². The summed E-state index contributed by atoms with van der Waals surface area (Å²) in [7, 11) is 0. The standard InChI is InChI=1S/C14H9F3N4O2/c15-10-2-1-5-18-13(10)22-7-9-4-3-8(6-19-9)12-20-21-14(23-12)11(16)17/h1-6,11H,7H2. The molecule has 0 aliphatic rings. The second-order valence-corrected chi connectivity index (χ2v) is 4.36. The molecule has 0 atom stereocenters. The van der Waals surface area contributed by atoms with Gasteiger partial charge in [0.15, 0.2) is 5.82 Å². The van der Waals surface area contributed by atoms with Crippen molar-refractivity contribution < 1.29 is 22.3 Å². The van der Waals surface area contributed by atoms with Crippen molar-refractivity contribution in [1.29, 1.82) is 0 Å². The Hall–Kier alpha value is -2.97. The number of hydrogen-bond donors (Lipinski definition) is 0. The molecule has 0 radical (unpaired) electrons. The topological polar surface area (TPSA) is 73.9 Å². The third kappa shape index (κ3) is 3.44. The van der Waals surface area contributed by atoms with Crippen LogP contribution in [0.1, 0.15) is 18.0 Å². The van der Waals surface area contributed by atoms with Gasteiger partial charge in [-0.3, -0.25) is 4.98 Å². The van der Waals surface area contributed by atoms with Gasteiger partial charge in [-0.2, -0.15) is 8.78 Å². The fraction of sp³-hybridized carbons (Fsp3) is 0.143. The summed E-state index contributed by atoms with van der Waals surface area (Å²) >= 11 is 0. The minimum absolute atomic E-state index is 0.000328. The van der Waals surface area contributed by atoms with Crippen molar-refractivity contribution in [3.63, 3.8) is 0 Å². The van der Waals surface area contributed by atoms with Gasteiger partial charge in [0.25, 0.3) is 11.8 Å². The molecule has 0 bridgehead atoms. The van der Waals surface area contributed by atoms with Crippen LogP contribution in [0, 0.1) is 5.82 Å². The Balaban J connectivity index is 1.68. The molecule has 3 aromatic heterocycles. The maximum atomic E-state index is 13.3. The number of alkyl halides is 2. The molecular weight excluding hydrogens is 313 g/mol. The second kappa shape index (κ2) is 6.42. The zero-order valence-electron chi connectivity index (χ0n) is 11.5. The Bertz CT molecular complexity index is 793. The van der Waals surface area contributed by atoms with Gasteiger partial charge in [0, 0.05) is 12.4 Å². The number of pyridine rings is 2. The van der Waals surface area contributed by atoms with E-state index in [-0.39, 0.29) is 18.4 Å². The molecule has 23 heavy (non-hydrogen) atoms. The number of halogens is 3. The Morgan fingerprint density at radius 3 is 2.65 bits per heavy atom. The minimum atomic E-state index is -2.83. The highest BCUT2D eigenvalue weighted by Crippen LogP contribution is 2.23. The summed E-state index contributed by atoms with van der Waals surface area (Å²) in [5.41, 5.74) is 0.879. The summed E-state index contributed by atoms with van der Waals surface area (Å²) < 4.78 is 48.1. The molecule has 3 aromatic rings. The van der Waals surface area contributed by atoms with Crippen molar-refractivity contribution in [3.05, 3.63) is 54.1 Å². The average Bonchev–Trinajstić information content (AvgIpc) is 3.05. The quantitative estimate of drug-likeness (QED) is 0.718. The highest BCUT2D eigenvalue weighted by Gasteiger charge is 2.17. The fourth-order valence-corrected chi connectivity index (χ4v) is 1.70. The summed E-state index contributed by atoms with van der Waals surface area (Å²) in [6, 6.07) is 5.81. The number of aromatic nitrogens is 4. The van der Waals surface area contributed by atoms with E-state index in [2.05, 4.69) is 20.2 Å². The van der Waals surface area contributed by atoms with Crippen molar-refractivity contribution in [2.75, 3.05) is 0 Å². The molecule has 3 heterocycles. The molecule has 0 saturated heterocycles. The summed E-state index contributed by atoms with van der Waals surface area (Å²) in [5.74, 6) is -1.51. The molecule has 0 N–H and O–H groups in total. The van der Waals surface area contributed by atoms with Gasteiger partial charge in [0.1, 0.15) is 6.61 Å². The molecule has 0 amide bonds. The molecule has 0 aliphatic heterocycles. The van der Waals surface area contributed by atoms with Gasteiger partial charge >= 0.3 is 6.43 Å². The van der Waals surface area contributed by atoms with Crippen molar-refractivity contribution in [2.24, 2.45) is 0 Å². The van der Waals surface area contributed by atoms with E-state index in [4.69, 9.17) is 9.15 Å². The lowest BCUT2D eigenvalue weighted by atomic mass is 10.2. The molecule has 0 saturated carbocycles. The first-order valence-corrected chi connectivity index (χ1v) is 6.43. The van der Waals surface area contributed by atoms with E-state index in [0.29, 0.717) is 11.3 Å². The van der Waals surface area contributed by atoms with Crippen LogP contribution in [-0.4, -0.2) is 20.2 Å².